The van der Waals surface area contributed by atoms with Gasteiger partial charge >= 0.3 is 0 Å². The maximum absolute atomic E-state index is 15.0. The highest BCUT2D eigenvalue weighted by Gasteiger charge is 2.39. The molecular formula is C26H27ClFN3O3S. The molecule has 1 unspecified atom stereocenters. The minimum atomic E-state index is -0.662. The lowest BCUT2D eigenvalue weighted by Crippen LogP contribution is -2.52. The van der Waals surface area contributed by atoms with E-state index in [2.05, 4.69) is 10.2 Å². The number of benzene rings is 2. The fourth-order valence-electron chi connectivity index (χ4n) is 5.10. The zero-order chi connectivity index (χ0) is 24.5. The number of imide groups is 1. The van der Waals surface area contributed by atoms with Crippen LogP contribution in [0.25, 0.3) is 0 Å². The number of nitrogens with one attached hydrogen (secondary N) is 1. The lowest BCUT2D eigenvalue weighted by atomic mass is 10.0. The summed E-state index contributed by atoms with van der Waals surface area (Å²) in [4.78, 5) is 41.6. The van der Waals surface area contributed by atoms with E-state index in [4.69, 9.17) is 11.6 Å². The molecule has 3 heterocycles. The molecule has 2 fully saturated rings. The topological polar surface area (TPSA) is 69.7 Å². The number of hydrogen-bond donors (Lipinski definition) is 1. The summed E-state index contributed by atoms with van der Waals surface area (Å²) < 4.78 is 15.0. The van der Waals surface area contributed by atoms with Crippen LogP contribution in [-0.4, -0.2) is 46.7 Å². The zero-order valence-electron chi connectivity index (χ0n) is 19.3. The van der Waals surface area contributed by atoms with Gasteiger partial charge in [0.2, 0.25) is 11.8 Å². The fraction of sp³-hybridized carbons (Fsp3) is 0.423. The number of rotatable bonds is 6. The van der Waals surface area contributed by atoms with Gasteiger partial charge in [0.05, 0.1) is 0 Å². The molecule has 5 rings (SSSR count). The van der Waals surface area contributed by atoms with Gasteiger partial charge in [0, 0.05) is 46.3 Å². The SMILES string of the molecule is O=C1CCC(N2Cc3c(SCc4c(F)cc(CN5CCCCC5)cc4Cl)cccc3C2=O)C(=O)N1. The summed E-state index contributed by atoms with van der Waals surface area (Å²) in [7, 11) is 0. The molecule has 3 aliphatic rings. The Kier molecular flexibility index (Phi) is 7.14. The Balaban J connectivity index is 1.29. The Bertz CT molecular complexity index is 1160. The quantitative estimate of drug-likeness (QED) is 0.452. The molecule has 0 aromatic heterocycles. The van der Waals surface area contributed by atoms with Crippen LogP contribution in [0.2, 0.25) is 5.02 Å². The minimum Gasteiger partial charge on any atom is -0.322 e. The molecule has 3 aliphatic heterocycles. The van der Waals surface area contributed by atoms with Gasteiger partial charge in [-0.1, -0.05) is 24.1 Å². The van der Waals surface area contributed by atoms with Crippen molar-refractivity contribution in [1.82, 2.24) is 15.1 Å². The van der Waals surface area contributed by atoms with Gasteiger partial charge in [0.1, 0.15) is 11.9 Å². The van der Waals surface area contributed by atoms with Crippen molar-refractivity contribution in [1.29, 1.82) is 0 Å². The maximum Gasteiger partial charge on any atom is 0.255 e. The van der Waals surface area contributed by atoms with E-state index in [1.165, 1.54) is 35.9 Å². The third-order valence-electron chi connectivity index (χ3n) is 6.97. The highest BCUT2D eigenvalue weighted by atomic mass is 35.5. The summed E-state index contributed by atoms with van der Waals surface area (Å²) in [5.41, 5.74) is 2.70. The first-order chi connectivity index (χ1) is 16.9. The second-order valence-electron chi connectivity index (χ2n) is 9.35. The lowest BCUT2D eigenvalue weighted by Gasteiger charge is -2.29. The van der Waals surface area contributed by atoms with Crippen molar-refractivity contribution in [3.05, 3.63) is 63.4 Å². The summed E-state index contributed by atoms with van der Waals surface area (Å²) in [5, 5.41) is 2.74. The Hall–Kier alpha value is -2.42. The van der Waals surface area contributed by atoms with Crippen LogP contribution < -0.4 is 5.32 Å². The molecule has 2 saturated heterocycles. The molecule has 1 N–H and O–H groups in total. The highest BCUT2D eigenvalue weighted by Crippen LogP contribution is 2.37. The molecule has 2 aromatic rings. The van der Waals surface area contributed by atoms with Gasteiger partial charge in [-0.25, -0.2) is 4.39 Å². The molecule has 35 heavy (non-hydrogen) atoms. The number of halogens is 2. The second-order valence-corrected chi connectivity index (χ2v) is 10.8. The minimum absolute atomic E-state index is 0.212. The van der Waals surface area contributed by atoms with Crippen LogP contribution in [0.5, 0.6) is 0 Å². The Morgan fingerprint density at radius 1 is 1.11 bits per heavy atom. The molecule has 184 valence electrons. The van der Waals surface area contributed by atoms with Crippen molar-refractivity contribution in [2.45, 2.75) is 61.9 Å². The van der Waals surface area contributed by atoms with Gasteiger partial charge in [0.25, 0.3) is 5.91 Å². The number of likely N-dealkylation sites (tertiary alicyclic amines) is 1. The first kappa shape index (κ1) is 24.3. The van der Waals surface area contributed by atoms with E-state index in [0.717, 1.165) is 29.1 Å². The molecular weight excluding hydrogens is 489 g/mol. The normalized spacial score (nSPS) is 20.8. The van der Waals surface area contributed by atoms with Gasteiger partial charge in [-0.15, -0.1) is 11.8 Å². The van der Waals surface area contributed by atoms with Crippen LogP contribution in [0.15, 0.2) is 35.2 Å². The van der Waals surface area contributed by atoms with Crippen LogP contribution >= 0.6 is 23.4 Å². The van der Waals surface area contributed by atoms with Gasteiger partial charge in [-0.2, -0.15) is 0 Å². The van der Waals surface area contributed by atoms with Crippen LogP contribution in [0.3, 0.4) is 0 Å². The standard InChI is InChI=1S/C26H27ClFN3O3S/c27-20-11-16(13-30-9-2-1-3-10-30)12-21(28)19(20)15-35-23-6-4-5-17-18(23)14-31(26(17)34)22-7-8-24(32)29-25(22)33/h4-6,11-12,22H,1-3,7-10,13-15H2,(H,29,32,33). The second kappa shape index (κ2) is 10.3. The van der Waals surface area contributed by atoms with E-state index in [1.54, 1.807) is 18.2 Å². The van der Waals surface area contributed by atoms with Gasteiger partial charge in [-0.05, 0) is 67.7 Å². The number of amides is 3. The van der Waals surface area contributed by atoms with Gasteiger partial charge in [0.15, 0.2) is 0 Å². The van der Waals surface area contributed by atoms with E-state index >= 15 is 4.39 Å². The number of fused-ring (bicyclic) bond motifs is 1. The van der Waals surface area contributed by atoms with Crippen molar-refractivity contribution in [3.63, 3.8) is 0 Å². The van der Waals surface area contributed by atoms with Gasteiger partial charge in [-0.3, -0.25) is 24.6 Å². The summed E-state index contributed by atoms with van der Waals surface area (Å²) in [6, 6.07) is 8.23. The number of piperidine rings is 2. The third-order valence-corrected chi connectivity index (χ3v) is 8.43. The molecule has 3 amide bonds. The predicted molar refractivity (Wildman–Crippen MR) is 133 cm³/mol. The van der Waals surface area contributed by atoms with Crippen LogP contribution in [-0.2, 0) is 28.4 Å². The monoisotopic (exact) mass is 515 g/mol. The molecule has 0 aliphatic carbocycles. The Morgan fingerprint density at radius 3 is 2.66 bits per heavy atom. The average Bonchev–Trinajstić information content (AvgIpc) is 3.16. The van der Waals surface area contributed by atoms with Gasteiger partial charge < -0.3 is 4.90 Å². The summed E-state index contributed by atoms with van der Waals surface area (Å²) in [6.07, 6.45) is 4.13. The third kappa shape index (κ3) is 5.10. The largest absolute Gasteiger partial charge is 0.322 e. The number of hydrogen-bond acceptors (Lipinski definition) is 5. The first-order valence-electron chi connectivity index (χ1n) is 12.0. The smallest absolute Gasteiger partial charge is 0.255 e. The zero-order valence-corrected chi connectivity index (χ0v) is 20.9. The summed E-state index contributed by atoms with van der Waals surface area (Å²) in [5.74, 6) is -0.950. The van der Waals surface area contributed by atoms with E-state index < -0.39 is 11.9 Å². The summed E-state index contributed by atoms with van der Waals surface area (Å²) in [6.45, 7) is 3.05. The van der Waals surface area contributed by atoms with E-state index in [0.29, 0.717) is 34.9 Å². The van der Waals surface area contributed by atoms with Crippen LogP contribution in [0, 0.1) is 5.82 Å². The fourth-order valence-corrected chi connectivity index (χ4v) is 6.60. The molecule has 0 saturated carbocycles. The molecule has 0 radical (unpaired) electrons. The van der Waals surface area contributed by atoms with E-state index in [1.807, 2.05) is 12.1 Å². The molecule has 9 heteroatoms. The molecule has 6 nitrogen and oxygen atoms in total. The van der Waals surface area contributed by atoms with Crippen LogP contribution in [0.4, 0.5) is 4.39 Å². The van der Waals surface area contributed by atoms with Crippen LogP contribution in [0.1, 0.15) is 59.2 Å². The Morgan fingerprint density at radius 2 is 1.91 bits per heavy atom. The van der Waals surface area contributed by atoms with Crippen molar-refractivity contribution in [2.75, 3.05) is 13.1 Å². The molecule has 2 aromatic carbocycles. The van der Waals surface area contributed by atoms with E-state index in [9.17, 15) is 14.4 Å². The number of nitrogens with zero attached hydrogens (tertiary/aromatic N) is 2. The molecule has 0 bridgehead atoms. The Labute approximate surface area is 213 Å². The first-order valence-corrected chi connectivity index (χ1v) is 13.4. The molecule has 1 atom stereocenters. The van der Waals surface area contributed by atoms with E-state index in [-0.39, 0.29) is 30.6 Å². The van der Waals surface area contributed by atoms with Crippen molar-refractivity contribution < 1.29 is 18.8 Å². The predicted octanol–water partition coefficient (Wildman–Crippen LogP) is 4.52. The van der Waals surface area contributed by atoms with Crippen molar-refractivity contribution in [3.8, 4) is 0 Å². The maximum atomic E-state index is 15.0. The number of carbonyl (C=O) groups is 3. The lowest BCUT2D eigenvalue weighted by molar-refractivity contribution is -0.136. The number of thioether (sulfide) groups is 1. The summed E-state index contributed by atoms with van der Waals surface area (Å²) >= 11 is 7.94. The van der Waals surface area contributed by atoms with Crippen molar-refractivity contribution >= 4 is 41.1 Å². The molecule has 0 spiro atoms. The average molecular weight is 516 g/mol. The highest BCUT2D eigenvalue weighted by molar-refractivity contribution is 7.98. The van der Waals surface area contributed by atoms with Crippen molar-refractivity contribution in [2.24, 2.45) is 0 Å². The number of carbonyl (C=O) groups excluding carboxylic acids is 3.